The minimum atomic E-state index is -0.638. The second kappa shape index (κ2) is 9.09. The predicted octanol–water partition coefficient (Wildman–Crippen LogP) is 7.39. The summed E-state index contributed by atoms with van der Waals surface area (Å²) in [5, 5.41) is 1.98. The summed E-state index contributed by atoms with van der Waals surface area (Å²) in [4.78, 5) is 0. The van der Waals surface area contributed by atoms with Gasteiger partial charge in [0.15, 0.2) is 0 Å². The van der Waals surface area contributed by atoms with Gasteiger partial charge in [-0.05, 0) is 30.5 Å². The molecule has 0 saturated heterocycles. The molecule has 0 aromatic heterocycles. The first kappa shape index (κ1) is 20.3. The van der Waals surface area contributed by atoms with Crippen LogP contribution in [-0.2, 0) is 4.74 Å². The highest BCUT2D eigenvalue weighted by Gasteiger charge is 2.26. The van der Waals surface area contributed by atoms with Crippen LogP contribution in [0, 0.1) is 0 Å². The molecule has 8 heteroatoms. The number of thioether (sulfide) groups is 1. The Morgan fingerprint density at radius 1 is 0.875 bits per heavy atom. The van der Waals surface area contributed by atoms with Crippen molar-refractivity contribution in [2.24, 2.45) is 0 Å². The van der Waals surface area contributed by atoms with E-state index in [1.807, 2.05) is 6.26 Å². The first-order chi connectivity index (χ1) is 11.4. The molecule has 0 aliphatic rings. The SMILES string of the molecule is COc1cc(Cl)c(C(OCSC)c2c(Cl)cc(Cl)cc2Cl)c(Cl)c1. The van der Waals surface area contributed by atoms with Crippen molar-refractivity contribution in [2.45, 2.75) is 6.10 Å². The summed E-state index contributed by atoms with van der Waals surface area (Å²) < 4.78 is 11.1. The van der Waals surface area contributed by atoms with Crippen LogP contribution in [0.15, 0.2) is 24.3 Å². The first-order valence-electron chi connectivity index (χ1n) is 6.67. The quantitative estimate of drug-likeness (QED) is 0.431. The molecule has 0 amide bonds. The molecule has 0 N–H and O–H groups in total. The van der Waals surface area contributed by atoms with Gasteiger partial charge in [0.2, 0.25) is 0 Å². The van der Waals surface area contributed by atoms with Gasteiger partial charge < -0.3 is 9.47 Å². The molecule has 1 unspecified atom stereocenters. The van der Waals surface area contributed by atoms with Gasteiger partial charge in [0.25, 0.3) is 0 Å². The third-order valence-electron chi connectivity index (χ3n) is 3.21. The maximum atomic E-state index is 6.41. The number of rotatable bonds is 6. The summed E-state index contributed by atoms with van der Waals surface area (Å²) in [6.07, 6.45) is 1.28. The Morgan fingerprint density at radius 2 is 1.33 bits per heavy atom. The summed E-state index contributed by atoms with van der Waals surface area (Å²) in [5.41, 5.74) is 1.13. The number of benzene rings is 2. The third-order valence-corrected chi connectivity index (χ3v) is 5.05. The molecule has 0 fully saturated rings. The molecule has 0 heterocycles. The second-order valence-corrected chi connectivity index (χ2v) is 7.62. The highest BCUT2D eigenvalue weighted by molar-refractivity contribution is 7.98. The smallest absolute Gasteiger partial charge is 0.121 e. The second-order valence-electron chi connectivity index (χ2n) is 4.74. The fraction of sp³-hybridized carbons (Fsp3) is 0.250. The molecule has 2 nitrogen and oxygen atoms in total. The van der Waals surface area contributed by atoms with Gasteiger partial charge in [-0.2, -0.15) is 0 Å². The molecule has 1 atom stereocenters. The van der Waals surface area contributed by atoms with Crippen LogP contribution < -0.4 is 4.74 Å². The van der Waals surface area contributed by atoms with Gasteiger partial charge in [0, 0.05) is 26.2 Å². The standard InChI is InChI=1S/C16H13Cl5O2S/c1-22-9-5-12(20)15(13(21)6-9)16(23-7-24-2)14-10(18)3-8(17)4-11(14)19/h3-6,16H,7H2,1-2H3. The number of hydrogen-bond donors (Lipinski definition) is 0. The molecular weight excluding hydrogens is 434 g/mol. The Balaban J connectivity index is 2.63. The van der Waals surface area contributed by atoms with Crippen LogP contribution in [0.3, 0.4) is 0 Å². The average molecular weight is 447 g/mol. The van der Waals surface area contributed by atoms with Gasteiger partial charge in [-0.3, -0.25) is 0 Å². The van der Waals surface area contributed by atoms with Crippen molar-refractivity contribution in [3.63, 3.8) is 0 Å². The van der Waals surface area contributed by atoms with E-state index in [-0.39, 0.29) is 0 Å². The average Bonchev–Trinajstić information content (AvgIpc) is 2.50. The van der Waals surface area contributed by atoms with E-state index in [1.54, 1.807) is 24.3 Å². The minimum absolute atomic E-state index is 0.376. The van der Waals surface area contributed by atoms with E-state index in [0.29, 0.717) is 47.9 Å². The van der Waals surface area contributed by atoms with E-state index in [4.69, 9.17) is 67.5 Å². The van der Waals surface area contributed by atoms with Crippen LogP contribution in [0.4, 0.5) is 0 Å². The van der Waals surface area contributed by atoms with Gasteiger partial charge in [0.05, 0.1) is 23.1 Å². The zero-order chi connectivity index (χ0) is 17.9. The molecule has 0 spiro atoms. The van der Waals surface area contributed by atoms with Crippen LogP contribution in [-0.4, -0.2) is 19.3 Å². The number of halogens is 5. The zero-order valence-corrected chi connectivity index (χ0v) is 17.3. The van der Waals surface area contributed by atoms with Crippen LogP contribution in [0.2, 0.25) is 25.1 Å². The molecule has 0 aliphatic heterocycles. The van der Waals surface area contributed by atoms with Crippen LogP contribution >= 0.6 is 69.8 Å². The summed E-state index contributed by atoms with van der Waals surface area (Å²) in [6.45, 7) is 0. The number of hydrogen-bond acceptors (Lipinski definition) is 3. The number of methoxy groups -OCH3 is 1. The Kier molecular flexibility index (Phi) is 7.69. The highest BCUT2D eigenvalue weighted by Crippen LogP contribution is 2.44. The molecule has 2 rings (SSSR count). The van der Waals surface area contributed by atoms with Gasteiger partial charge in [0.1, 0.15) is 11.9 Å². The largest absolute Gasteiger partial charge is 0.497 e. The van der Waals surface area contributed by atoms with Crippen molar-refractivity contribution in [1.29, 1.82) is 0 Å². The van der Waals surface area contributed by atoms with Crippen LogP contribution in [0.5, 0.6) is 5.75 Å². The Labute approximate surface area is 170 Å². The van der Waals surface area contributed by atoms with E-state index in [9.17, 15) is 0 Å². The van der Waals surface area contributed by atoms with Gasteiger partial charge in [-0.15, -0.1) is 11.8 Å². The predicted molar refractivity (Wildman–Crippen MR) is 106 cm³/mol. The lowest BCUT2D eigenvalue weighted by Crippen LogP contribution is -2.09. The number of ether oxygens (including phenoxy) is 2. The molecule has 2 aromatic carbocycles. The maximum absolute atomic E-state index is 6.41. The van der Waals surface area contributed by atoms with Crippen LogP contribution in [0.1, 0.15) is 17.2 Å². The molecule has 0 aliphatic carbocycles. The molecule has 24 heavy (non-hydrogen) atoms. The minimum Gasteiger partial charge on any atom is -0.497 e. The fourth-order valence-corrected chi connectivity index (χ4v) is 4.13. The van der Waals surface area contributed by atoms with Crippen molar-refractivity contribution >= 4 is 69.8 Å². The summed E-state index contributed by atoms with van der Waals surface area (Å²) in [7, 11) is 1.54. The fourth-order valence-electron chi connectivity index (χ4n) is 2.18. The zero-order valence-electron chi connectivity index (χ0n) is 12.7. The molecule has 0 bridgehead atoms. The van der Waals surface area contributed by atoms with E-state index in [2.05, 4.69) is 0 Å². The lowest BCUT2D eigenvalue weighted by Gasteiger charge is -2.23. The van der Waals surface area contributed by atoms with E-state index in [0.717, 1.165) is 0 Å². The molecular formula is C16H13Cl5O2S. The molecule has 130 valence electrons. The summed E-state index contributed by atoms with van der Waals surface area (Å²) in [6, 6.07) is 6.53. The van der Waals surface area contributed by atoms with E-state index >= 15 is 0 Å². The Morgan fingerprint density at radius 3 is 1.75 bits per heavy atom. The molecule has 0 saturated carbocycles. The first-order valence-corrected chi connectivity index (χ1v) is 9.95. The molecule has 0 radical (unpaired) electrons. The van der Waals surface area contributed by atoms with Crippen molar-refractivity contribution in [3.8, 4) is 5.75 Å². The highest BCUT2D eigenvalue weighted by atomic mass is 35.5. The van der Waals surface area contributed by atoms with E-state index < -0.39 is 6.10 Å². The van der Waals surface area contributed by atoms with Crippen molar-refractivity contribution < 1.29 is 9.47 Å². The Hall–Kier alpha value is -0.000000000000000222. The van der Waals surface area contributed by atoms with Crippen molar-refractivity contribution in [2.75, 3.05) is 19.3 Å². The van der Waals surface area contributed by atoms with Crippen molar-refractivity contribution in [1.82, 2.24) is 0 Å². The van der Waals surface area contributed by atoms with Crippen molar-refractivity contribution in [3.05, 3.63) is 60.5 Å². The lowest BCUT2D eigenvalue weighted by atomic mass is 10.0. The summed E-state index contributed by atoms with van der Waals surface area (Å²) in [5.74, 6) is 0.948. The van der Waals surface area contributed by atoms with Gasteiger partial charge in [-0.1, -0.05) is 58.0 Å². The normalized spacial score (nSPS) is 12.3. The Bertz CT molecular complexity index is 692. The topological polar surface area (TPSA) is 18.5 Å². The monoisotopic (exact) mass is 444 g/mol. The molecule has 2 aromatic rings. The maximum Gasteiger partial charge on any atom is 0.121 e. The third kappa shape index (κ3) is 4.59. The summed E-state index contributed by atoms with van der Waals surface area (Å²) >= 11 is 33.0. The van der Waals surface area contributed by atoms with E-state index in [1.165, 1.54) is 18.9 Å². The lowest BCUT2D eigenvalue weighted by molar-refractivity contribution is 0.123. The van der Waals surface area contributed by atoms with Gasteiger partial charge in [-0.25, -0.2) is 0 Å². The van der Waals surface area contributed by atoms with Gasteiger partial charge >= 0.3 is 0 Å². The van der Waals surface area contributed by atoms with Crippen LogP contribution in [0.25, 0.3) is 0 Å².